The molecule has 1 saturated carbocycles. The Kier molecular flexibility index (Phi) is 6.57. The summed E-state index contributed by atoms with van der Waals surface area (Å²) in [6.07, 6.45) is -1.13. The fourth-order valence-corrected chi connectivity index (χ4v) is 7.11. The van der Waals surface area contributed by atoms with Crippen molar-refractivity contribution in [3.05, 3.63) is 47.8 Å². The Morgan fingerprint density at radius 1 is 1.03 bits per heavy atom. The highest BCUT2D eigenvalue weighted by Gasteiger charge is 2.52. The fraction of sp³-hybridized carbons (Fsp3) is 0.560. The zero-order valence-corrected chi connectivity index (χ0v) is 22.1. The highest BCUT2D eigenvalue weighted by atomic mass is 32.2. The topological polar surface area (TPSA) is 98.7 Å². The number of hydrogen-bond acceptors (Lipinski definition) is 7. The highest BCUT2D eigenvalue weighted by molar-refractivity contribution is 7.91. The molecule has 0 unspecified atom stereocenters. The van der Waals surface area contributed by atoms with Gasteiger partial charge in [-0.1, -0.05) is 30.3 Å². The molecule has 3 fully saturated rings. The Morgan fingerprint density at radius 3 is 2.24 bits per heavy atom. The van der Waals surface area contributed by atoms with Crippen molar-refractivity contribution in [1.29, 1.82) is 0 Å². The molecule has 1 N–H and O–H groups in total. The number of sulfone groups is 1. The van der Waals surface area contributed by atoms with Gasteiger partial charge in [0.1, 0.15) is 0 Å². The van der Waals surface area contributed by atoms with E-state index in [0.29, 0.717) is 12.8 Å². The molecule has 2 aliphatic heterocycles. The van der Waals surface area contributed by atoms with E-state index in [9.17, 15) is 26.4 Å². The van der Waals surface area contributed by atoms with Crippen LogP contribution in [0, 0.1) is 0 Å². The molecule has 3 aliphatic rings. The van der Waals surface area contributed by atoms with Crippen molar-refractivity contribution in [2.24, 2.45) is 0 Å². The van der Waals surface area contributed by atoms with Gasteiger partial charge in [0.2, 0.25) is 5.95 Å². The zero-order chi connectivity index (χ0) is 27.3. The molecule has 0 atom stereocenters. The van der Waals surface area contributed by atoms with Crippen LogP contribution in [-0.4, -0.2) is 80.1 Å². The summed E-state index contributed by atoms with van der Waals surface area (Å²) in [5.74, 6) is -0.538. The maximum Gasteiger partial charge on any atom is 0.435 e. The molecule has 3 heterocycles. The lowest BCUT2D eigenvalue weighted by Gasteiger charge is -2.48. The van der Waals surface area contributed by atoms with Gasteiger partial charge in [0, 0.05) is 18.6 Å². The van der Waals surface area contributed by atoms with E-state index in [1.54, 1.807) is 0 Å². The van der Waals surface area contributed by atoms with Gasteiger partial charge in [-0.3, -0.25) is 9.80 Å². The van der Waals surface area contributed by atoms with Crippen LogP contribution in [0.4, 0.5) is 29.6 Å². The van der Waals surface area contributed by atoms with E-state index in [-0.39, 0.29) is 42.6 Å². The van der Waals surface area contributed by atoms with Gasteiger partial charge in [-0.15, -0.1) is 0 Å². The third kappa shape index (κ3) is 4.81. The summed E-state index contributed by atoms with van der Waals surface area (Å²) in [5, 5.41) is 2.98. The first kappa shape index (κ1) is 26.7. The number of anilines is 2. The Hall–Kier alpha value is -2.93. The number of amides is 2. The quantitative estimate of drug-likeness (QED) is 0.623. The van der Waals surface area contributed by atoms with Crippen molar-refractivity contribution in [2.45, 2.75) is 42.9 Å². The summed E-state index contributed by atoms with van der Waals surface area (Å²) in [7, 11) is 0.827. The maximum absolute atomic E-state index is 14.1. The van der Waals surface area contributed by atoms with Crippen molar-refractivity contribution < 1.29 is 26.4 Å². The average Bonchev–Trinajstić information content (AvgIpc) is 3.19. The van der Waals surface area contributed by atoms with Gasteiger partial charge in [0.15, 0.2) is 15.5 Å². The lowest BCUT2D eigenvalue weighted by molar-refractivity contribution is -0.140. The fourth-order valence-electron chi connectivity index (χ4n) is 5.91. The van der Waals surface area contributed by atoms with E-state index in [2.05, 4.69) is 32.3 Å². The number of hydrogen-bond donors (Lipinski definition) is 1. The monoisotopic (exact) mass is 552 g/mol. The number of benzene rings is 1. The number of rotatable bonds is 4. The Bertz CT molecular complexity index is 1300. The number of halogens is 3. The molecule has 13 heteroatoms. The molecule has 1 aromatic heterocycles. The highest BCUT2D eigenvalue weighted by Crippen LogP contribution is 2.47. The lowest BCUT2D eigenvalue weighted by atomic mass is 9.69. The van der Waals surface area contributed by atoms with E-state index >= 15 is 0 Å². The van der Waals surface area contributed by atoms with Crippen molar-refractivity contribution in [2.75, 3.05) is 55.0 Å². The summed E-state index contributed by atoms with van der Waals surface area (Å²) in [4.78, 5) is 25.7. The van der Waals surface area contributed by atoms with Crippen molar-refractivity contribution in [1.82, 2.24) is 20.2 Å². The zero-order valence-electron chi connectivity index (χ0n) is 21.3. The largest absolute Gasteiger partial charge is 0.435 e. The van der Waals surface area contributed by atoms with Gasteiger partial charge in [-0.25, -0.2) is 23.2 Å². The Morgan fingerprint density at radius 2 is 1.66 bits per heavy atom. The molecule has 2 aromatic rings. The second-order valence-corrected chi connectivity index (χ2v) is 12.9. The first-order chi connectivity index (χ1) is 17.8. The van der Waals surface area contributed by atoms with Crippen LogP contribution in [0.2, 0.25) is 0 Å². The molecule has 2 saturated heterocycles. The minimum absolute atomic E-state index is 0.0152. The van der Waals surface area contributed by atoms with Gasteiger partial charge in [0.25, 0.3) is 0 Å². The number of nitrogens with zero attached hydrogens (tertiary/aromatic N) is 5. The van der Waals surface area contributed by atoms with Crippen molar-refractivity contribution in [3.63, 3.8) is 0 Å². The lowest BCUT2D eigenvalue weighted by Crippen LogP contribution is -2.54. The van der Waals surface area contributed by atoms with Crippen LogP contribution < -0.4 is 15.1 Å². The second-order valence-electron chi connectivity index (χ2n) is 10.6. The Balaban J connectivity index is 1.39. The molecule has 1 spiro atoms. The molecule has 0 bridgehead atoms. The van der Waals surface area contributed by atoms with Crippen LogP contribution in [0.1, 0.15) is 36.9 Å². The second kappa shape index (κ2) is 9.37. The van der Waals surface area contributed by atoms with Gasteiger partial charge < -0.3 is 10.2 Å². The number of alkyl halides is 3. The smallest absolute Gasteiger partial charge is 0.339 e. The van der Waals surface area contributed by atoms with Crippen LogP contribution >= 0.6 is 0 Å². The first-order valence-corrected chi connectivity index (χ1v) is 14.4. The van der Waals surface area contributed by atoms with Gasteiger partial charge in [-0.05, 0) is 45.3 Å². The van der Waals surface area contributed by atoms with Crippen LogP contribution in [0.25, 0.3) is 0 Å². The number of urea groups is 1. The van der Waals surface area contributed by atoms with Crippen molar-refractivity contribution in [3.8, 4) is 0 Å². The van der Waals surface area contributed by atoms with Crippen molar-refractivity contribution >= 4 is 27.5 Å². The van der Waals surface area contributed by atoms with Gasteiger partial charge >= 0.3 is 12.2 Å². The standard InChI is InChI=1S/C25H31F3N6O3S/c1-32(2)24(18-6-4-3-5-7-18)10-8-23(9-11-24)17-34(22(35)31-23)19-16-29-21(30-20(19)25(26,27)28)33-12-14-38(36,37)15-13-33/h3-7,16H,8-15,17H2,1-2H3,(H,31,35). The first-order valence-electron chi connectivity index (χ1n) is 12.6. The number of nitrogens with one attached hydrogen (secondary N) is 1. The predicted molar refractivity (Wildman–Crippen MR) is 137 cm³/mol. The SMILES string of the molecule is CN(C)C1(c2ccccc2)CCC2(CC1)CN(c1cnc(N3CCS(=O)(=O)CC3)nc1C(F)(F)F)C(=O)N2. The summed E-state index contributed by atoms with van der Waals surface area (Å²) >= 11 is 0. The normalized spacial score (nSPS) is 27.7. The molecule has 5 rings (SSSR count). The van der Waals surface area contributed by atoms with E-state index in [1.165, 1.54) is 10.5 Å². The van der Waals surface area contributed by atoms with E-state index in [1.807, 2.05) is 32.3 Å². The maximum atomic E-state index is 14.1. The molecular formula is C25H31F3N6O3S. The third-order valence-electron chi connectivity index (χ3n) is 8.22. The molecule has 206 valence electrons. The predicted octanol–water partition coefficient (Wildman–Crippen LogP) is 3.03. The molecule has 9 nitrogen and oxygen atoms in total. The van der Waals surface area contributed by atoms with Crippen LogP contribution in [0.3, 0.4) is 0 Å². The summed E-state index contributed by atoms with van der Waals surface area (Å²) < 4.78 is 65.9. The minimum Gasteiger partial charge on any atom is -0.339 e. The van der Waals surface area contributed by atoms with E-state index < -0.39 is 39.0 Å². The minimum atomic E-state index is -4.83. The number of aromatic nitrogens is 2. The summed E-state index contributed by atoms with van der Waals surface area (Å²) in [6.45, 7) is 0.112. The Labute approximate surface area is 219 Å². The molecule has 38 heavy (non-hydrogen) atoms. The van der Waals surface area contributed by atoms with E-state index in [0.717, 1.165) is 23.9 Å². The number of carbonyl (C=O) groups is 1. The molecule has 1 aliphatic carbocycles. The average molecular weight is 553 g/mol. The van der Waals surface area contributed by atoms with E-state index in [4.69, 9.17) is 0 Å². The molecule has 1 aromatic carbocycles. The van der Waals surface area contributed by atoms with Crippen LogP contribution in [0.5, 0.6) is 0 Å². The van der Waals surface area contributed by atoms with Gasteiger partial charge in [0.05, 0.1) is 35.5 Å². The van der Waals surface area contributed by atoms with Gasteiger partial charge in [-0.2, -0.15) is 13.2 Å². The van der Waals surface area contributed by atoms with Crippen LogP contribution in [-0.2, 0) is 21.6 Å². The molecule has 2 amide bonds. The third-order valence-corrected chi connectivity index (χ3v) is 9.83. The summed E-state index contributed by atoms with van der Waals surface area (Å²) in [5.41, 5.74) is -1.31. The van der Waals surface area contributed by atoms with Crippen LogP contribution in [0.15, 0.2) is 36.5 Å². The molecular weight excluding hydrogens is 521 g/mol. The summed E-state index contributed by atoms with van der Waals surface area (Å²) in [6, 6.07) is 9.52. The number of carbonyl (C=O) groups excluding carboxylic acids is 1. The molecule has 0 radical (unpaired) electrons.